The van der Waals surface area contributed by atoms with Crippen molar-refractivity contribution in [3.63, 3.8) is 0 Å². The minimum Gasteiger partial charge on any atom is -0.329 e. The Morgan fingerprint density at radius 1 is 1.38 bits per heavy atom. The van der Waals surface area contributed by atoms with Crippen LogP contribution < -0.4 is 10.5 Å². The lowest BCUT2D eigenvalue weighted by Gasteiger charge is -2.18. The molecule has 118 valence electrons. The molecule has 3 N–H and O–H groups in total. The van der Waals surface area contributed by atoms with Crippen LogP contribution in [0.2, 0.25) is 0 Å². The van der Waals surface area contributed by atoms with E-state index in [1.165, 1.54) is 18.2 Å². The van der Waals surface area contributed by atoms with Gasteiger partial charge in [0, 0.05) is 18.7 Å². The van der Waals surface area contributed by atoms with Crippen molar-refractivity contribution < 1.29 is 13.3 Å². The van der Waals surface area contributed by atoms with Gasteiger partial charge >= 0.3 is 0 Å². The van der Waals surface area contributed by atoms with Gasteiger partial charge in [-0.15, -0.1) is 0 Å². The van der Waals surface area contributed by atoms with Crippen LogP contribution in [0.25, 0.3) is 0 Å². The lowest BCUT2D eigenvalue weighted by Crippen LogP contribution is -2.41. The van der Waals surface area contributed by atoms with Gasteiger partial charge in [-0.05, 0) is 30.9 Å². The molecule has 1 unspecified atom stereocenters. The summed E-state index contributed by atoms with van der Waals surface area (Å²) in [4.78, 5) is 10.0. The highest BCUT2D eigenvalue weighted by atomic mass is 32.2. The molecule has 0 saturated heterocycles. The summed E-state index contributed by atoms with van der Waals surface area (Å²) in [5, 5.41) is 11.0. The lowest BCUT2D eigenvalue weighted by molar-refractivity contribution is -0.387. The summed E-state index contributed by atoms with van der Waals surface area (Å²) in [5.41, 5.74) is 5.76. The molecule has 0 bridgehead atoms. The normalized spacial score (nSPS) is 13.4. The molecule has 0 spiro atoms. The predicted molar refractivity (Wildman–Crippen MR) is 80.5 cm³/mol. The predicted octanol–water partition coefficient (Wildman–Crippen LogP) is 1.55. The van der Waals surface area contributed by atoms with Crippen molar-refractivity contribution in [2.75, 3.05) is 6.54 Å². The van der Waals surface area contributed by atoms with Crippen LogP contribution in [-0.4, -0.2) is 25.9 Å². The number of hydrogen-bond donors (Lipinski definition) is 2. The van der Waals surface area contributed by atoms with E-state index in [4.69, 9.17) is 5.73 Å². The summed E-state index contributed by atoms with van der Waals surface area (Å²) >= 11 is 0. The number of nitrogens with zero attached hydrogens (tertiary/aromatic N) is 1. The first-order chi connectivity index (χ1) is 9.67. The molecule has 1 aromatic rings. The number of hydrogen-bond acceptors (Lipinski definition) is 5. The Morgan fingerprint density at radius 3 is 2.48 bits per heavy atom. The second-order valence-corrected chi connectivity index (χ2v) is 7.09. The van der Waals surface area contributed by atoms with Crippen molar-refractivity contribution in [3.05, 3.63) is 33.9 Å². The van der Waals surface area contributed by atoms with E-state index in [1.54, 1.807) is 6.92 Å². The number of nitrogens with one attached hydrogen (secondary N) is 1. The van der Waals surface area contributed by atoms with Gasteiger partial charge in [0.15, 0.2) is 4.90 Å². The molecular weight excluding hydrogens is 294 g/mol. The van der Waals surface area contributed by atoms with Gasteiger partial charge in [-0.2, -0.15) is 0 Å². The van der Waals surface area contributed by atoms with E-state index < -0.39 is 26.7 Å². The molecule has 0 radical (unpaired) electrons. The minimum absolute atomic E-state index is 0.136. The Hall–Kier alpha value is -1.51. The standard InChI is InChI=1S/C13H21N3O4S/c1-9(2)6-11(8-14)15-21(19,20)13-5-4-10(3)7-12(13)16(17)18/h4-5,7,9,11,15H,6,8,14H2,1-3H3. The summed E-state index contributed by atoms with van der Waals surface area (Å²) in [7, 11) is -3.98. The van der Waals surface area contributed by atoms with E-state index in [1.807, 2.05) is 13.8 Å². The van der Waals surface area contributed by atoms with Crippen molar-refractivity contribution in [3.8, 4) is 0 Å². The average Bonchev–Trinajstić information content (AvgIpc) is 2.36. The summed E-state index contributed by atoms with van der Waals surface area (Å²) in [6, 6.07) is 3.57. The van der Waals surface area contributed by atoms with E-state index in [0.717, 1.165) is 0 Å². The molecule has 8 heteroatoms. The third-order valence-corrected chi connectivity index (χ3v) is 4.53. The number of aryl methyl sites for hydroxylation is 1. The van der Waals surface area contributed by atoms with Gasteiger partial charge in [-0.1, -0.05) is 19.9 Å². The first-order valence-corrected chi connectivity index (χ1v) is 8.13. The molecule has 1 atom stereocenters. The van der Waals surface area contributed by atoms with Crippen LogP contribution >= 0.6 is 0 Å². The van der Waals surface area contributed by atoms with E-state index in [2.05, 4.69) is 4.72 Å². The van der Waals surface area contributed by atoms with Gasteiger partial charge in [-0.25, -0.2) is 13.1 Å². The van der Waals surface area contributed by atoms with Crippen LogP contribution in [0.5, 0.6) is 0 Å². The largest absolute Gasteiger partial charge is 0.329 e. The van der Waals surface area contributed by atoms with Gasteiger partial charge in [-0.3, -0.25) is 10.1 Å². The van der Waals surface area contributed by atoms with Crippen molar-refractivity contribution in [1.82, 2.24) is 4.72 Å². The van der Waals surface area contributed by atoms with Crippen LogP contribution in [0, 0.1) is 23.0 Å². The van der Waals surface area contributed by atoms with E-state index in [-0.39, 0.29) is 17.4 Å². The van der Waals surface area contributed by atoms with Gasteiger partial charge in [0.05, 0.1) is 4.92 Å². The maximum Gasteiger partial charge on any atom is 0.289 e. The molecule has 1 rings (SSSR count). The highest BCUT2D eigenvalue weighted by molar-refractivity contribution is 7.89. The minimum atomic E-state index is -3.98. The van der Waals surface area contributed by atoms with Crippen molar-refractivity contribution in [1.29, 1.82) is 0 Å². The molecule has 0 aliphatic rings. The molecule has 0 aliphatic heterocycles. The van der Waals surface area contributed by atoms with Gasteiger partial charge in [0.2, 0.25) is 10.0 Å². The zero-order valence-electron chi connectivity index (χ0n) is 12.4. The molecular formula is C13H21N3O4S. The van der Waals surface area contributed by atoms with Crippen LogP contribution in [-0.2, 0) is 10.0 Å². The fraction of sp³-hybridized carbons (Fsp3) is 0.538. The molecule has 0 amide bonds. The maximum absolute atomic E-state index is 12.3. The number of nitro benzene ring substituents is 1. The number of nitro groups is 1. The third kappa shape index (κ3) is 4.76. The Morgan fingerprint density at radius 2 is 2.00 bits per heavy atom. The monoisotopic (exact) mass is 315 g/mol. The number of nitrogens with two attached hydrogens (primary N) is 1. The van der Waals surface area contributed by atoms with Gasteiger partial charge in [0.1, 0.15) is 0 Å². The molecule has 0 aromatic heterocycles. The molecule has 0 fully saturated rings. The third-order valence-electron chi connectivity index (χ3n) is 2.96. The van der Waals surface area contributed by atoms with Gasteiger partial charge in [0.25, 0.3) is 5.69 Å². The first-order valence-electron chi connectivity index (χ1n) is 6.64. The Balaban J connectivity index is 3.16. The summed E-state index contributed by atoms with van der Waals surface area (Å²) in [6.45, 7) is 5.70. The topological polar surface area (TPSA) is 115 Å². The highest BCUT2D eigenvalue weighted by Crippen LogP contribution is 2.25. The Labute approximate surface area is 124 Å². The Kier molecular flexibility index (Phi) is 5.82. The van der Waals surface area contributed by atoms with Crippen LogP contribution in [0.3, 0.4) is 0 Å². The first kappa shape index (κ1) is 17.5. The van der Waals surface area contributed by atoms with E-state index >= 15 is 0 Å². The van der Waals surface area contributed by atoms with Crippen LogP contribution in [0.15, 0.2) is 23.1 Å². The van der Waals surface area contributed by atoms with Crippen molar-refractivity contribution >= 4 is 15.7 Å². The number of benzene rings is 1. The summed E-state index contributed by atoms with van der Waals surface area (Å²) in [5.74, 6) is 0.259. The highest BCUT2D eigenvalue weighted by Gasteiger charge is 2.28. The zero-order valence-corrected chi connectivity index (χ0v) is 13.2. The maximum atomic E-state index is 12.3. The second-order valence-electron chi connectivity index (χ2n) is 5.41. The summed E-state index contributed by atoms with van der Waals surface area (Å²) in [6.07, 6.45) is 0.565. The van der Waals surface area contributed by atoms with Crippen molar-refractivity contribution in [2.45, 2.75) is 38.1 Å². The molecule has 7 nitrogen and oxygen atoms in total. The molecule has 1 aromatic carbocycles. The molecule has 0 saturated carbocycles. The number of sulfonamides is 1. The fourth-order valence-corrected chi connectivity index (χ4v) is 3.46. The van der Waals surface area contributed by atoms with E-state index in [0.29, 0.717) is 12.0 Å². The van der Waals surface area contributed by atoms with Gasteiger partial charge < -0.3 is 5.73 Å². The lowest BCUT2D eigenvalue weighted by atomic mass is 10.1. The fourth-order valence-electron chi connectivity index (χ4n) is 2.04. The van der Waals surface area contributed by atoms with Crippen LogP contribution in [0.4, 0.5) is 5.69 Å². The second kappa shape index (κ2) is 6.97. The SMILES string of the molecule is Cc1ccc(S(=O)(=O)NC(CN)CC(C)C)c([N+](=O)[O-])c1. The van der Waals surface area contributed by atoms with Crippen molar-refractivity contribution in [2.24, 2.45) is 11.7 Å². The summed E-state index contributed by atoms with van der Waals surface area (Å²) < 4.78 is 27.1. The Bertz CT molecular complexity index is 614. The average molecular weight is 315 g/mol. The van der Waals surface area contributed by atoms with E-state index in [9.17, 15) is 18.5 Å². The quantitative estimate of drug-likeness (QED) is 0.585. The smallest absolute Gasteiger partial charge is 0.289 e. The zero-order chi connectivity index (χ0) is 16.2. The van der Waals surface area contributed by atoms with Crippen LogP contribution in [0.1, 0.15) is 25.8 Å². The molecule has 0 aliphatic carbocycles. The molecule has 21 heavy (non-hydrogen) atoms. The number of rotatable bonds is 7. The molecule has 0 heterocycles.